The summed E-state index contributed by atoms with van der Waals surface area (Å²) in [4.78, 5) is 1.96. The summed E-state index contributed by atoms with van der Waals surface area (Å²) >= 11 is 0. The fraction of sp³-hybridized carbons (Fsp3) is 0.385. The van der Waals surface area contributed by atoms with Crippen LogP contribution in [0.15, 0.2) is 24.8 Å². The molecule has 1 aliphatic rings. The van der Waals surface area contributed by atoms with E-state index in [0.29, 0.717) is 13.1 Å². The number of rotatable bonds is 3. The molecule has 2 N–H and O–H groups in total. The molecule has 0 saturated carbocycles. The maximum atomic E-state index is 13.8. The van der Waals surface area contributed by atoms with Crippen molar-refractivity contribution >= 4 is 0 Å². The summed E-state index contributed by atoms with van der Waals surface area (Å²) in [5.41, 5.74) is -0.0353. The van der Waals surface area contributed by atoms with E-state index in [1.54, 1.807) is 0 Å². The van der Waals surface area contributed by atoms with Crippen molar-refractivity contribution < 1.29 is 13.9 Å². The van der Waals surface area contributed by atoms with Gasteiger partial charge in [-0.2, -0.15) is 0 Å². The highest BCUT2D eigenvalue weighted by Gasteiger charge is 2.26. The molecule has 1 saturated heterocycles. The summed E-state index contributed by atoms with van der Waals surface area (Å²) in [6.07, 6.45) is 1.53. The molecule has 0 aromatic heterocycles. The van der Waals surface area contributed by atoms with Crippen LogP contribution < -0.4 is 5.32 Å². The highest BCUT2D eigenvalue weighted by Crippen LogP contribution is 2.33. The number of benzene rings is 1. The fourth-order valence-electron chi connectivity index (χ4n) is 2.25. The van der Waals surface area contributed by atoms with Crippen molar-refractivity contribution in [1.82, 2.24) is 10.2 Å². The Kier molecular flexibility index (Phi) is 3.93. The highest BCUT2D eigenvalue weighted by atomic mass is 19.1. The van der Waals surface area contributed by atoms with Gasteiger partial charge in [0.2, 0.25) is 0 Å². The van der Waals surface area contributed by atoms with E-state index in [9.17, 15) is 13.9 Å². The van der Waals surface area contributed by atoms with Crippen LogP contribution in [-0.4, -0.2) is 36.2 Å². The Morgan fingerprint density at radius 3 is 2.50 bits per heavy atom. The number of nitrogens with one attached hydrogen (secondary N) is 1. The van der Waals surface area contributed by atoms with Gasteiger partial charge in [0.1, 0.15) is 5.82 Å². The predicted octanol–water partition coefficient (Wildman–Crippen LogP) is 1.80. The van der Waals surface area contributed by atoms with E-state index >= 15 is 0 Å². The Balaban J connectivity index is 2.37. The lowest BCUT2D eigenvalue weighted by Crippen LogP contribution is -2.44. The molecule has 1 aromatic rings. The molecule has 0 spiro atoms. The molecule has 1 aliphatic heterocycles. The maximum absolute atomic E-state index is 13.8. The standard InChI is InChI=1S/C13H16F2N2O/c1-2-11(17-7-5-16-6-8-17)12-9(14)3-4-10(15)13(12)18/h2-4,11,16,18H,1,5-8H2/t11-/m0/s1. The van der Waals surface area contributed by atoms with Gasteiger partial charge in [-0.1, -0.05) is 6.08 Å². The van der Waals surface area contributed by atoms with Gasteiger partial charge in [0.15, 0.2) is 11.6 Å². The van der Waals surface area contributed by atoms with E-state index in [2.05, 4.69) is 11.9 Å². The zero-order valence-electron chi connectivity index (χ0n) is 10.00. The first-order valence-electron chi connectivity index (χ1n) is 5.89. The van der Waals surface area contributed by atoms with E-state index in [1.807, 2.05) is 4.90 Å². The summed E-state index contributed by atoms with van der Waals surface area (Å²) in [7, 11) is 0. The van der Waals surface area contributed by atoms with Gasteiger partial charge in [-0.05, 0) is 12.1 Å². The number of aromatic hydroxyl groups is 1. The molecular weight excluding hydrogens is 238 g/mol. The molecule has 0 radical (unpaired) electrons. The molecule has 1 aromatic carbocycles. The van der Waals surface area contributed by atoms with Gasteiger partial charge in [-0.15, -0.1) is 6.58 Å². The third-order valence-electron chi connectivity index (χ3n) is 3.18. The summed E-state index contributed by atoms with van der Waals surface area (Å²) in [5, 5.41) is 12.9. The minimum absolute atomic E-state index is 0.0353. The summed E-state index contributed by atoms with van der Waals surface area (Å²) in [6.45, 7) is 6.62. The normalized spacial score (nSPS) is 18.6. The van der Waals surface area contributed by atoms with Crippen LogP contribution in [0.1, 0.15) is 11.6 Å². The molecule has 98 valence electrons. The van der Waals surface area contributed by atoms with E-state index in [1.165, 1.54) is 6.08 Å². The van der Waals surface area contributed by atoms with Crippen LogP contribution in [0.3, 0.4) is 0 Å². The van der Waals surface area contributed by atoms with Gasteiger partial charge in [0.05, 0.1) is 11.6 Å². The van der Waals surface area contributed by atoms with Crippen molar-refractivity contribution in [3.05, 3.63) is 42.0 Å². The van der Waals surface area contributed by atoms with Crippen LogP contribution in [0.4, 0.5) is 8.78 Å². The molecule has 18 heavy (non-hydrogen) atoms. The molecule has 1 fully saturated rings. The Morgan fingerprint density at radius 2 is 1.89 bits per heavy atom. The number of nitrogens with zero attached hydrogens (tertiary/aromatic N) is 1. The van der Waals surface area contributed by atoms with Gasteiger partial charge in [0, 0.05) is 26.2 Å². The largest absolute Gasteiger partial charge is 0.505 e. The zero-order valence-corrected chi connectivity index (χ0v) is 10.00. The monoisotopic (exact) mass is 254 g/mol. The minimum Gasteiger partial charge on any atom is -0.505 e. The zero-order chi connectivity index (χ0) is 13.1. The summed E-state index contributed by atoms with van der Waals surface area (Å²) < 4.78 is 27.1. The second-order valence-corrected chi connectivity index (χ2v) is 4.26. The van der Waals surface area contributed by atoms with Crippen LogP contribution >= 0.6 is 0 Å². The van der Waals surface area contributed by atoms with E-state index in [-0.39, 0.29) is 5.56 Å². The second-order valence-electron chi connectivity index (χ2n) is 4.26. The average molecular weight is 254 g/mol. The van der Waals surface area contributed by atoms with Crippen LogP contribution in [0, 0.1) is 11.6 Å². The Bertz CT molecular complexity index is 445. The molecule has 3 nitrogen and oxygen atoms in total. The van der Waals surface area contributed by atoms with Gasteiger partial charge in [0.25, 0.3) is 0 Å². The number of hydrogen-bond acceptors (Lipinski definition) is 3. The highest BCUT2D eigenvalue weighted by molar-refractivity contribution is 5.39. The van der Waals surface area contributed by atoms with Gasteiger partial charge >= 0.3 is 0 Å². The van der Waals surface area contributed by atoms with Crippen molar-refractivity contribution in [2.75, 3.05) is 26.2 Å². The van der Waals surface area contributed by atoms with E-state index in [0.717, 1.165) is 25.2 Å². The van der Waals surface area contributed by atoms with Gasteiger partial charge in [-0.25, -0.2) is 8.78 Å². The number of hydrogen-bond donors (Lipinski definition) is 2. The van der Waals surface area contributed by atoms with Gasteiger partial charge < -0.3 is 10.4 Å². The van der Waals surface area contributed by atoms with E-state index in [4.69, 9.17) is 0 Å². The van der Waals surface area contributed by atoms with Crippen molar-refractivity contribution in [1.29, 1.82) is 0 Å². The first-order valence-corrected chi connectivity index (χ1v) is 5.89. The molecule has 2 rings (SSSR count). The Labute approximate surface area is 105 Å². The quantitative estimate of drug-likeness (QED) is 0.807. The first kappa shape index (κ1) is 13.0. The Hall–Kier alpha value is -1.46. The van der Waals surface area contributed by atoms with Crippen LogP contribution in [-0.2, 0) is 0 Å². The molecule has 1 atom stereocenters. The minimum atomic E-state index is -0.812. The third kappa shape index (κ3) is 2.37. The van der Waals surface area contributed by atoms with Gasteiger partial charge in [-0.3, -0.25) is 4.90 Å². The third-order valence-corrected chi connectivity index (χ3v) is 3.18. The first-order chi connectivity index (χ1) is 8.65. The van der Waals surface area contributed by atoms with Crippen LogP contribution in [0.5, 0.6) is 5.75 Å². The molecule has 1 heterocycles. The Morgan fingerprint density at radius 1 is 1.28 bits per heavy atom. The van der Waals surface area contributed by atoms with Crippen LogP contribution in [0.25, 0.3) is 0 Å². The summed E-state index contributed by atoms with van der Waals surface area (Å²) in [6, 6.07) is 1.44. The van der Waals surface area contributed by atoms with Crippen LogP contribution in [0.2, 0.25) is 0 Å². The molecule has 0 amide bonds. The van der Waals surface area contributed by atoms with Crippen molar-refractivity contribution in [2.24, 2.45) is 0 Å². The lowest BCUT2D eigenvalue weighted by Gasteiger charge is -2.33. The SMILES string of the molecule is C=C[C@@H](c1c(F)ccc(F)c1O)N1CCNCC1. The lowest BCUT2D eigenvalue weighted by molar-refractivity contribution is 0.196. The lowest BCUT2D eigenvalue weighted by atomic mass is 10.0. The molecule has 0 aliphatic carbocycles. The molecule has 5 heteroatoms. The summed E-state index contributed by atoms with van der Waals surface area (Å²) in [5.74, 6) is -2.05. The predicted molar refractivity (Wildman–Crippen MR) is 65.4 cm³/mol. The van der Waals surface area contributed by atoms with Crippen molar-refractivity contribution in [3.63, 3.8) is 0 Å². The smallest absolute Gasteiger partial charge is 0.165 e. The number of piperazine rings is 1. The van der Waals surface area contributed by atoms with E-state index < -0.39 is 23.4 Å². The maximum Gasteiger partial charge on any atom is 0.165 e. The fourth-order valence-corrected chi connectivity index (χ4v) is 2.25. The molecule has 0 bridgehead atoms. The molecular formula is C13H16F2N2O. The second kappa shape index (κ2) is 5.46. The van der Waals surface area contributed by atoms with Crippen molar-refractivity contribution in [2.45, 2.75) is 6.04 Å². The number of halogens is 2. The molecule has 0 unspecified atom stereocenters. The van der Waals surface area contributed by atoms with Crippen molar-refractivity contribution in [3.8, 4) is 5.75 Å². The topological polar surface area (TPSA) is 35.5 Å². The number of phenols is 1. The average Bonchev–Trinajstić information content (AvgIpc) is 2.40. The number of phenolic OH excluding ortho intramolecular Hbond substituents is 1.